The highest BCUT2D eigenvalue weighted by molar-refractivity contribution is 5.72. The zero-order valence-corrected chi connectivity index (χ0v) is 14.2. The molecule has 2 aliphatic carbocycles. The Kier molecular flexibility index (Phi) is 4.42. The summed E-state index contributed by atoms with van der Waals surface area (Å²) < 4.78 is 5.08. The van der Waals surface area contributed by atoms with Crippen molar-refractivity contribution in [2.45, 2.75) is 71.9 Å². The minimum atomic E-state index is -0.669. The number of aliphatic hydroxyl groups is 1. The van der Waals surface area contributed by atoms with E-state index in [0.29, 0.717) is 32.0 Å². The first-order valence-electron chi connectivity index (χ1n) is 8.26. The summed E-state index contributed by atoms with van der Waals surface area (Å²) in [5, 5.41) is 14.3. The lowest BCUT2D eigenvalue weighted by molar-refractivity contribution is -0.151. The van der Waals surface area contributed by atoms with Crippen molar-refractivity contribution in [1.29, 1.82) is 0 Å². The van der Waals surface area contributed by atoms with Gasteiger partial charge in [-0.2, -0.15) is 0 Å². The van der Waals surface area contributed by atoms with Crippen molar-refractivity contribution in [1.82, 2.24) is 5.32 Å². The third kappa shape index (κ3) is 3.11. The van der Waals surface area contributed by atoms with E-state index in [0.717, 1.165) is 12.8 Å². The number of esters is 1. The van der Waals surface area contributed by atoms with E-state index in [1.54, 1.807) is 0 Å². The molecule has 4 nitrogen and oxygen atoms in total. The molecular weight excluding hydrogens is 266 g/mol. The molecule has 0 unspecified atom stereocenters. The van der Waals surface area contributed by atoms with Crippen molar-refractivity contribution < 1.29 is 14.6 Å². The molecule has 4 heteroatoms. The van der Waals surface area contributed by atoms with Crippen molar-refractivity contribution in [2.24, 2.45) is 16.7 Å². The third-order valence-electron chi connectivity index (χ3n) is 6.19. The predicted molar refractivity (Wildman–Crippen MR) is 82.9 cm³/mol. The smallest absolute Gasteiger partial charge is 0.308 e. The van der Waals surface area contributed by atoms with Gasteiger partial charge in [0.25, 0.3) is 0 Å². The summed E-state index contributed by atoms with van der Waals surface area (Å²) in [6, 6.07) is 0.455. The van der Waals surface area contributed by atoms with Gasteiger partial charge in [-0.15, -0.1) is 0 Å². The van der Waals surface area contributed by atoms with E-state index in [-0.39, 0.29) is 22.7 Å². The SMILES string of the molecule is CCOC(=O)C1CCC(O)(CNC2C(C)(C)C2(C)C)CC1. The standard InChI is InChI=1S/C17H31NO3/c1-6-21-13(19)12-7-9-17(20,10-8-12)11-18-14-15(2,3)16(14,4)5/h12,14,18,20H,6-11H2,1-5H3. The topological polar surface area (TPSA) is 58.6 Å². The summed E-state index contributed by atoms with van der Waals surface area (Å²) >= 11 is 0. The second kappa shape index (κ2) is 5.54. The number of carbonyl (C=O) groups excluding carboxylic acids is 1. The maximum Gasteiger partial charge on any atom is 0.308 e. The molecule has 0 aliphatic heterocycles. The Hall–Kier alpha value is -0.610. The van der Waals surface area contributed by atoms with Gasteiger partial charge >= 0.3 is 5.97 Å². The lowest BCUT2D eigenvalue weighted by Crippen LogP contribution is -2.46. The molecule has 0 aromatic heterocycles. The van der Waals surface area contributed by atoms with E-state index in [1.165, 1.54) is 0 Å². The molecule has 21 heavy (non-hydrogen) atoms. The first-order chi connectivity index (χ1) is 9.64. The van der Waals surface area contributed by atoms with E-state index < -0.39 is 5.60 Å². The summed E-state index contributed by atoms with van der Waals surface area (Å²) in [7, 11) is 0. The van der Waals surface area contributed by atoms with Gasteiger partial charge in [0.1, 0.15) is 0 Å². The van der Waals surface area contributed by atoms with E-state index in [9.17, 15) is 9.90 Å². The summed E-state index contributed by atoms with van der Waals surface area (Å²) in [6.45, 7) is 12.0. The highest BCUT2D eigenvalue weighted by Crippen LogP contribution is 2.62. The molecule has 2 saturated carbocycles. The van der Waals surface area contributed by atoms with Gasteiger partial charge in [0.15, 0.2) is 0 Å². The van der Waals surface area contributed by atoms with Crippen molar-refractivity contribution in [3.05, 3.63) is 0 Å². The van der Waals surface area contributed by atoms with E-state index in [2.05, 4.69) is 33.0 Å². The first-order valence-corrected chi connectivity index (χ1v) is 8.26. The van der Waals surface area contributed by atoms with Gasteiger partial charge in [0.05, 0.1) is 18.1 Å². The number of hydrogen-bond acceptors (Lipinski definition) is 4. The maximum atomic E-state index is 11.7. The zero-order chi connectivity index (χ0) is 15.9. The van der Waals surface area contributed by atoms with Crippen LogP contribution in [0.3, 0.4) is 0 Å². The van der Waals surface area contributed by atoms with Crippen LogP contribution in [0.5, 0.6) is 0 Å². The van der Waals surface area contributed by atoms with Crippen LogP contribution in [-0.2, 0) is 9.53 Å². The molecular formula is C17H31NO3. The zero-order valence-electron chi connectivity index (χ0n) is 14.2. The molecule has 0 amide bonds. The van der Waals surface area contributed by atoms with Crippen molar-refractivity contribution in [3.63, 3.8) is 0 Å². The van der Waals surface area contributed by atoms with Crippen LogP contribution in [0.2, 0.25) is 0 Å². The lowest BCUT2D eigenvalue weighted by atomic mass is 9.78. The summed E-state index contributed by atoms with van der Waals surface area (Å²) in [5.41, 5.74) is -0.102. The van der Waals surface area contributed by atoms with E-state index in [4.69, 9.17) is 4.74 Å². The van der Waals surface area contributed by atoms with Crippen LogP contribution in [0.4, 0.5) is 0 Å². The van der Waals surface area contributed by atoms with Crippen molar-refractivity contribution in [2.75, 3.05) is 13.2 Å². The van der Waals surface area contributed by atoms with Crippen LogP contribution in [0.25, 0.3) is 0 Å². The maximum absolute atomic E-state index is 11.7. The Morgan fingerprint density at radius 2 is 1.71 bits per heavy atom. The lowest BCUT2D eigenvalue weighted by Gasteiger charge is -2.35. The number of nitrogens with one attached hydrogen (secondary N) is 1. The van der Waals surface area contributed by atoms with Gasteiger partial charge in [-0.3, -0.25) is 4.79 Å². The van der Waals surface area contributed by atoms with Gasteiger partial charge in [0.2, 0.25) is 0 Å². The second-order valence-electron chi connectivity index (χ2n) is 8.01. The third-order valence-corrected chi connectivity index (χ3v) is 6.19. The number of carbonyl (C=O) groups is 1. The van der Waals surface area contributed by atoms with Gasteiger partial charge in [-0.05, 0) is 43.4 Å². The highest BCUT2D eigenvalue weighted by Gasteiger charge is 2.64. The van der Waals surface area contributed by atoms with Crippen molar-refractivity contribution >= 4 is 5.97 Å². The first kappa shape index (κ1) is 16.8. The van der Waals surface area contributed by atoms with Crippen LogP contribution in [-0.4, -0.2) is 35.9 Å². The molecule has 122 valence electrons. The van der Waals surface area contributed by atoms with Gasteiger partial charge in [0, 0.05) is 12.6 Å². The van der Waals surface area contributed by atoms with Crippen LogP contribution in [0.1, 0.15) is 60.3 Å². The molecule has 0 radical (unpaired) electrons. The quantitative estimate of drug-likeness (QED) is 0.766. The highest BCUT2D eigenvalue weighted by atomic mass is 16.5. The monoisotopic (exact) mass is 297 g/mol. The Morgan fingerprint density at radius 1 is 1.19 bits per heavy atom. The molecule has 0 saturated heterocycles. The molecule has 0 aromatic rings. The Labute approximate surface area is 128 Å². The largest absolute Gasteiger partial charge is 0.466 e. The van der Waals surface area contributed by atoms with Crippen LogP contribution < -0.4 is 5.32 Å². The minimum absolute atomic E-state index is 0.0287. The Balaban J connectivity index is 1.80. The molecule has 2 N–H and O–H groups in total. The summed E-state index contributed by atoms with van der Waals surface area (Å²) in [4.78, 5) is 11.7. The fourth-order valence-corrected chi connectivity index (χ4v) is 3.83. The predicted octanol–water partition coefficient (Wildman–Crippen LogP) is 2.50. The fourth-order valence-electron chi connectivity index (χ4n) is 3.83. The van der Waals surface area contributed by atoms with E-state index in [1.807, 2.05) is 6.92 Å². The molecule has 2 aliphatic rings. The Bertz CT molecular complexity index is 381. The molecule has 2 rings (SSSR count). The van der Waals surface area contributed by atoms with Crippen LogP contribution in [0.15, 0.2) is 0 Å². The number of rotatable bonds is 5. The van der Waals surface area contributed by atoms with Crippen molar-refractivity contribution in [3.8, 4) is 0 Å². The van der Waals surface area contributed by atoms with Gasteiger partial charge in [-0.1, -0.05) is 27.7 Å². The molecule has 0 spiro atoms. The average molecular weight is 297 g/mol. The van der Waals surface area contributed by atoms with E-state index >= 15 is 0 Å². The van der Waals surface area contributed by atoms with Gasteiger partial charge in [-0.25, -0.2) is 0 Å². The Morgan fingerprint density at radius 3 is 2.14 bits per heavy atom. The molecule has 0 bridgehead atoms. The summed E-state index contributed by atoms with van der Waals surface area (Å²) in [5.74, 6) is -0.129. The summed E-state index contributed by atoms with van der Waals surface area (Å²) in [6.07, 6.45) is 2.82. The fraction of sp³-hybridized carbons (Fsp3) is 0.941. The molecule has 0 aromatic carbocycles. The second-order valence-corrected chi connectivity index (χ2v) is 8.01. The van der Waals surface area contributed by atoms with Gasteiger partial charge < -0.3 is 15.2 Å². The molecule has 0 atom stereocenters. The normalized spacial score (nSPS) is 34.5. The minimum Gasteiger partial charge on any atom is -0.466 e. The number of hydrogen-bond donors (Lipinski definition) is 2. The van der Waals surface area contributed by atoms with Crippen LogP contribution in [0, 0.1) is 16.7 Å². The molecule has 0 heterocycles. The average Bonchev–Trinajstić information content (AvgIpc) is 2.78. The molecule has 2 fully saturated rings. The number of ether oxygens (including phenoxy) is 1. The van der Waals surface area contributed by atoms with Crippen LogP contribution >= 0.6 is 0 Å².